The molecule has 36 heavy (non-hydrogen) atoms. The summed E-state index contributed by atoms with van der Waals surface area (Å²) in [4.78, 5) is 39.1. The van der Waals surface area contributed by atoms with Crippen LogP contribution in [0.4, 0.5) is 5.69 Å². The summed E-state index contributed by atoms with van der Waals surface area (Å²) >= 11 is 5.28. The van der Waals surface area contributed by atoms with Crippen molar-refractivity contribution >= 4 is 40.8 Å². The Hall–Kier alpha value is -3.26. The lowest BCUT2D eigenvalue weighted by Crippen LogP contribution is -2.39. The van der Waals surface area contributed by atoms with Gasteiger partial charge in [0.05, 0.1) is 17.9 Å². The summed E-state index contributed by atoms with van der Waals surface area (Å²) in [6.07, 6.45) is 4.30. The minimum absolute atomic E-state index is 0.0404. The molecule has 1 saturated heterocycles. The summed E-state index contributed by atoms with van der Waals surface area (Å²) < 4.78 is 5.25. The van der Waals surface area contributed by atoms with Crippen molar-refractivity contribution < 1.29 is 19.1 Å². The lowest BCUT2D eigenvalue weighted by atomic mass is 9.98. The van der Waals surface area contributed by atoms with Crippen LogP contribution in [0.15, 0.2) is 54.6 Å². The molecule has 1 fully saturated rings. The van der Waals surface area contributed by atoms with E-state index >= 15 is 0 Å². The second-order valence-corrected chi connectivity index (χ2v) is 9.59. The van der Waals surface area contributed by atoms with Crippen LogP contribution < -0.4 is 10.6 Å². The quantitative estimate of drug-likeness (QED) is 0.274. The Kier molecular flexibility index (Phi) is 10.9. The number of ether oxygens (including phenoxy) is 1. The van der Waals surface area contributed by atoms with Gasteiger partial charge in [-0.25, -0.2) is 0 Å². The summed E-state index contributed by atoms with van der Waals surface area (Å²) in [7, 11) is 0. The third kappa shape index (κ3) is 9.07. The summed E-state index contributed by atoms with van der Waals surface area (Å²) in [5.74, 6) is -0.0116. The first-order valence-corrected chi connectivity index (χ1v) is 13.0. The van der Waals surface area contributed by atoms with Crippen LogP contribution in [0.2, 0.25) is 0 Å². The molecule has 0 spiro atoms. The second kappa shape index (κ2) is 14.3. The largest absolute Gasteiger partial charge is 0.466 e. The van der Waals surface area contributed by atoms with E-state index in [4.69, 9.17) is 17.0 Å². The number of nitrogens with zero attached hydrogens (tertiary/aromatic N) is 1. The Morgan fingerprint density at radius 1 is 0.972 bits per heavy atom. The Balaban J connectivity index is 1.35. The molecular formula is C28H35N3O4S. The fourth-order valence-electron chi connectivity index (χ4n) is 4.08. The average Bonchev–Trinajstić information content (AvgIpc) is 2.87. The molecule has 2 N–H and O–H groups in total. The summed E-state index contributed by atoms with van der Waals surface area (Å²) in [6.45, 7) is 4.05. The van der Waals surface area contributed by atoms with Crippen LogP contribution in [0, 0.1) is 5.92 Å². The van der Waals surface area contributed by atoms with Crippen LogP contribution in [0.25, 0.3) is 0 Å². The molecule has 192 valence electrons. The number of likely N-dealkylation sites (tertiary alicyclic amines) is 1. The average molecular weight is 510 g/mol. The van der Waals surface area contributed by atoms with E-state index < -0.39 is 0 Å². The molecular weight excluding hydrogens is 474 g/mol. The van der Waals surface area contributed by atoms with Gasteiger partial charge in [-0.3, -0.25) is 14.4 Å². The number of para-hydroxylation sites is 1. The molecule has 1 aliphatic rings. The van der Waals surface area contributed by atoms with Crippen LogP contribution in [0.3, 0.4) is 0 Å². The van der Waals surface area contributed by atoms with E-state index in [0.717, 1.165) is 38.8 Å². The molecule has 3 rings (SSSR count). The van der Waals surface area contributed by atoms with Gasteiger partial charge in [0, 0.05) is 25.9 Å². The number of amides is 2. The molecule has 0 aliphatic carbocycles. The first kappa shape index (κ1) is 27.3. The zero-order chi connectivity index (χ0) is 25.8. The third-order valence-corrected chi connectivity index (χ3v) is 6.43. The maximum atomic E-state index is 13.0. The number of esters is 1. The number of rotatable bonds is 10. The standard InChI is InChI=1S/C28H35N3O4S/c1-21-16-18-31(19-17-21)27(34)23-12-5-6-13-24(23)29-28(36)30-25(32)14-7-15-26(33)35-20-8-11-22-9-3-2-4-10-22/h2-6,9-10,12-13,21H,7-8,11,14-20H2,1H3,(H2,29,30,32,36). The Bertz CT molecular complexity index is 1040. The maximum Gasteiger partial charge on any atom is 0.305 e. The molecule has 1 aliphatic heterocycles. The molecule has 1 heterocycles. The fourth-order valence-corrected chi connectivity index (χ4v) is 4.30. The van der Waals surface area contributed by atoms with Crippen molar-refractivity contribution in [3.8, 4) is 0 Å². The Morgan fingerprint density at radius 2 is 1.67 bits per heavy atom. The molecule has 0 unspecified atom stereocenters. The van der Waals surface area contributed by atoms with Crippen LogP contribution >= 0.6 is 12.2 Å². The van der Waals surface area contributed by atoms with E-state index in [0.29, 0.717) is 30.2 Å². The number of nitrogens with one attached hydrogen (secondary N) is 2. The van der Waals surface area contributed by atoms with Crippen molar-refractivity contribution in [1.82, 2.24) is 10.2 Å². The normalized spacial score (nSPS) is 13.6. The molecule has 2 aromatic carbocycles. The van der Waals surface area contributed by atoms with Crippen LogP contribution in [0.5, 0.6) is 0 Å². The smallest absolute Gasteiger partial charge is 0.305 e. The van der Waals surface area contributed by atoms with Gasteiger partial charge in [-0.15, -0.1) is 0 Å². The van der Waals surface area contributed by atoms with Gasteiger partial charge >= 0.3 is 5.97 Å². The maximum absolute atomic E-state index is 13.0. The van der Waals surface area contributed by atoms with E-state index in [1.807, 2.05) is 47.4 Å². The number of hydrogen-bond donors (Lipinski definition) is 2. The monoisotopic (exact) mass is 509 g/mol. The number of anilines is 1. The molecule has 7 nitrogen and oxygen atoms in total. The van der Waals surface area contributed by atoms with Crippen molar-refractivity contribution in [3.05, 3.63) is 65.7 Å². The SMILES string of the molecule is CC1CCN(C(=O)c2ccccc2NC(=S)NC(=O)CCCC(=O)OCCCc2ccccc2)CC1. The van der Waals surface area contributed by atoms with Gasteiger partial charge in [-0.05, 0) is 67.9 Å². The van der Waals surface area contributed by atoms with E-state index in [-0.39, 0.29) is 35.7 Å². The van der Waals surface area contributed by atoms with Gasteiger partial charge in [0.1, 0.15) is 0 Å². The number of aryl methyl sites for hydroxylation is 1. The lowest BCUT2D eigenvalue weighted by Gasteiger charge is -2.30. The topological polar surface area (TPSA) is 87.7 Å². The minimum Gasteiger partial charge on any atom is -0.466 e. The molecule has 0 atom stereocenters. The van der Waals surface area contributed by atoms with Crippen LogP contribution in [0.1, 0.15) is 61.4 Å². The van der Waals surface area contributed by atoms with Crippen LogP contribution in [-0.4, -0.2) is 47.5 Å². The highest BCUT2D eigenvalue weighted by Gasteiger charge is 2.23. The van der Waals surface area contributed by atoms with Gasteiger partial charge in [-0.1, -0.05) is 49.4 Å². The Morgan fingerprint density at radius 3 is 2.42 bits per heavy atom. The van der Waals surface area contributed by atoms with E-state index in [1.165, 1.54) is 5.56 Å². The van der Waals surface area contributed by atoms with E-state index in [2.05, 4.69) is 17.6 Å². The number of benzene rings is 2. The van der Waals surface area contributed by atoms with Gasteiger partial charge in [0.15, 0.2) is 5.11 Å². The van der Waals surface area contributed by atoms with Crippen molar-refractivity contribution in [3.63, 3.8) is 0 Å². The van der Waals surface area contributed by atoms with Gasteiger partial charge in [-0.2, -0.15) is 0 Å². The second-order valence-electron chi connectivity index (χ2n) is 9.19. The summed E-state index contributed by atoms with van der Waals surface area (Å²) in [6, 6.07) is 17.2. The number of piperidine rings is 1. The van der Waals surface area contributed by atoms with E-state index in [9.17, 15) is 14.4 Å². The van der Waals surface area contributed by atoms with Crippen LogP contribution in [-0.2, 0) is 20.7 Å². The molecule has 2 amide bonds. The molecule has 8 heteroatoms. The first-order chi connectivity index (χ1) is 17.4. The van der Waals surface area contributed by atoms with Gasteiger partial charge < -0.3 is 20.3 Å². The number of hydrogen-bond acceptors (Lipinski definition) is 5. The zero-order valence-corrected chi connectivity index (χ0v) is 21.6. The Labute approximate surface area is 218 Å². The highest BCUT2D eigenvalue weighted by Crippen LogP contribution is 2.22. The number of thiocarbonyl (C=S) groups is 1. The predicted octanol–water partition coefficient (Wildman–Crippen LogP) is 4.72. The predicted molar refractivity (Wildman–Crippen MR) is 145 cm³/mol. The van der Waals surface area contributed by atoms with Crippen molar-refractivity contribution in [1.29, 1.82) is 0 Å². The number of carbonyl (C=O) groups excluding carboxylic acids is 3. The van der Waals surface area contributed by atoms with Crippen molar-refractivity contribution in [2.45, 2.75) is 51.9 Å². The summed E-state index contributed by atoms with van der Waals surface area (Å²) in [5.41, 5.74) is 2.30. The summed E-state index contributed by atoms with van der Waals surface area (Å²) in [5, 5.41) is 5.73. The third-order valence-electron chi connectivity index (χ3n) is 6.23. The first-order valence-electron chi connectivity index (χ1n) is 12.6. The number of carbonyl (C=O) groups is 3. The van der Waals surface area contributed by atoms with Crippen molar-refractivity contribution in [2.24, 2.45) is 5.92 Å². The highest BCUT2D eigenvalue weighted by atomic mass is 32.1. The lowest BCUT2D eigenvalue weighted by molar-refractivity contribution is -0.143. The molecule has 0 bridgehead atoms. The zero-order valence-electron chi connectivity index (χ0n) is 20.8. The van der Waals surface area contributed by atoms with Gasteiger partial charge in [0.25, 0.3) is 5.91 Å². The molecule has 0 saturated carbocycles. The minimum atomic E-state index is -0.309. The van der Waals surface area contributed by atoms with Crippen molar-refractivity contribution in [2.75, 3.05) is 25.0 Å². The van der Waals surface area contributed by atoms with Gasteiger partial charge in [0.2, 0.25) is 5.91 Å². The molecule has 2 aromatic rings. The molecule has 0 radical (unpaired) electrons. The molecule has 0 aromatic heterocycles. The highest BCUT2D eigenvalue weighted by molar-refractivity contribution is 7.80. The fraction of sp³-hybridized carbons (Fsp3) is 0.429. The van der Waals surface area contributed by atoms with E-state index in [1.54, 1.807) is 12.1 Å².